The van der Waals surface area contributed by atoms with Crippen molar-refractivity contribution >= 4 is 18.0 Å². The van der Waals surface area contributed by atoms with Crippen LogP contribution < -0.4 is 10.6 Å². The maximum atomic E-state index is 11.6. The predicted molar refractivity (Wildman–Crippen MR) is 70.1 cm³/mol. The molecule has 2 amide bonds. The van der Waals surface area contributed by atoms with Crippen molar-refractivity contribution in [3.63, 3.8) is 0 Å². The molecule has 114 valence electrons. The number of carbonyl (C=O) groups is 3. The zero-order valence-corrected chi connectivity index (χ0v) is 11.4. The molecule has 0 radical (unpaired) electrons. The number of hydrogen-bond acceptors (Lipinski definition) is 6. The fourth-order valence-electron chi connectivity index (χ4n) is 1.43. The summed E-state index contributed by atoms with van der Waals surface area (Å²) in [5, 5.41) is 21.1. The minimum Gasteiger partial charge on any atom is -0.480 e. The van der Waals surface area contributed by atoms with Gasteiger partial charge in [0.2, 0.25) is 0 Å². The molecule has 0 aliphatic carbocycles. The van der Waals surface area contributed by atoms with E-state index in [1.165, 1.54) is 13.3 Å². The van der Waals surface area contributed by atoms with Crippen LogP contribution in [-0.4, -0.2) is 46.4 Å². The van der Waals surface area contributed by atoms with Crippen LogP contribution in [-0.2, 0) is 20.9 Å². The number of nitrogens with zero attached hydrogens (tertiary/aromatic N) is 2. The first-order valence-corrected chi connectivity index (χ1v) is 6.13. The zero-order chi connectivity index (χ0) is 15.7. The molecule has 9 heteroatoms. The van der Waals surface area contributed by atoms with E-state index in [-0.39, 0.29) is 19.4 Å². The molecule has 0 saturated carbocycles. The molecular formula is C12H16N4O5. The maximum Gasteiger partial charge on any atom is 0.326 e. The molecule has 1 aromatic heterocycles. The van der Waals surface area contributed by atoms with Crippen LogP contribution in [0, 0.1) is 0 Å². The maximum absolute atomic E-state index is 11.6. The van der Waals surface area contributed by atoms with E-state index in [0.717, 1.165) is 0 Å². The molecule has 3 N–H and O–H groups in total. The molecule has 0 unspecified atom stereocenters. The summed E-state index contributed by atoms with van der Waals surface area (Å²) >= 11 is 0. The lowest BCUT2D eigenvalue weighted by atomic mass is 10.1. The van der Waals surface area contributed by atoms with Gasteiger partial charge >= 0.3 is 18.0 Å². The number of carboxylic acids is 1. The lowest BCUT2D eigenvalue weighted by Gasteiger charge is -2.14. The largest absolute Gasteiger partial charge is 0.480 e. The topological polar surface area (TPSA) is 131 Å². The van der Waals surface area contributed by atoms with E-state index in [2.05, 4.69) is 25.6 Å². The SMILES string of the molecule is COC(=O)CC[C@H](NC(=O)NCc1cccnn1)C(=O)O. The summed E-state index contributed by atoms with van der Waals surface area (Å²) < 4.78 is 4.42. The van der Waals surface area contributed by atoms with Gasteiger partial charge in [0.05, 0.1) is 19.3 Å². The molecule has 1 rings (SSSR count). The summed E-state index contributed by atoms with van der Waals surface area (Å²) in [6.07, 6.45) is 1.34. The summed E-state index contributed by atoms with van der Waals surface area (Å²) in [5.74, 6) is -1.77. The number of urea groups is 1. The van der Waals surface area contributed by atoms with Crippen molar-refractivity contribution in [2.24, 2.45) is 0 Å². The van der Waals surface area contributed by atoms with E-state index in [9.17, 15) is 14.4 Å². The second-order valence-electron chi connectivity index (χ2n) is 4.05. The Morgan fingerprint density at radius 2 is 2.19 bits per heavy atom. The van der Waals surface area contributed by atoms with Gasteiger partial charge in [-0.2, -0.15) is 10.2 Å². The van der Waals surface area contributed by atoms with Gasteiger partial charge in [-0.3, -0.25) is 4.79 Å². The number of nitrogens with one attached hydrogen (secondary N) is 2. The summed E-state index contributed by atoms with van der Waals surface area (Å²) in [4.78, 5) is 33.6. The molecule has 21 heavy (non-hydrogen) atoms. The molecule has 0 spiro atoms. The second kappa shape index (κ2) is 8.46. The zero-order valence-electron chi connectivity index (χ0n) is 11.4. The molecule has 0 fully saturated rings. The molecule has 1 atom stereocenters. The van der Waals surface area contributed by atoms with Gasteiger partial charge in [-0.25, -0.2) is 9.59 Å². The Labute approximate surface area is 120 Å². The highest BCUT2D eigenvalue weighted by molar-refractivity contribution is 5.83. The Kier molecular flexibility index (Phi) is 6.58. The van der Waals surface area contributed by atoms with Gasteiger partial charge < -0.3 is 20.5 Å². The first-order chi connectivity index (χ1) is 10.0. The van der Waals surface area contributed by atoms with Crippen molar-refractivity contribution in [3.05, 3.63) is 24.0 Å². The highest BCUT2D eigenvalue weighted by Gasteiger charge is 2.21. The number of hydrogen-bond donors (Lipinski definition) is 3. The highest BCUT2D eigenvalue weighted by Crippen LogP contribution is 2.00. The molecule has 1 aromatic rings. The van der Waals surface area contributed by atoms with Crippen LogP contribution in [0.2, 0.25) is 0 Å². The molecular weight excluding hydrogens is 280 g/mol. The number of carbonyl (C=O) groups excluding carboxylic acids is 2. The van der Waals surface area contributed by atoms with Crippen LogP contribution in [0.25, 0.3) is 0 Å². The average molecular weight is 296 g/mol. The van der Waals surface area contributed by atoms with E-state index in [4.69, 9.17) is 5.11 Å². The van der Waals surface area contributed by atoms with Gasteiger partial charge in [0.15, 0.2) is 0 Å². The third kappa shape index (κ3) is 6.32. The van der Waals surface area contributed by atoms with Crippen LogP contribution in [0.4, 0.5) is 4.79 Å². The van der Waals surface area contributed by atoms with Crippen LogP contribution in [0.1, 0.15) is 18.5 Å². The molecule has 0 aromatic carbocycles. The summed E-state index contributed by atoms with van der Waals surface area (Å²) in [5.41, 5.74) is 0.536. The minimum atomic E-state index is -1.23. The van der Waals surface area contributed by atoms with Crippen molar-refractivity contribution in [2.75, 3.05) is 7.11 Å². The minimum absolute atomic E-state index is 0.0550. The number of methoxy groups -OCH3 is 1. The van der Waals surface area contributed by atoms with Gasteiger partial charge in [-0.15, -0.1) is 0 Å². The first kappa shape index (κ1) is 16.3. The third-order valence-electron chi connectivity index (χ3n) is 2.53. The standard InChI is InChI=1S/C12H16N4O5/c1-21-10(17)5-4-9(11(18)19)15-12(20)13-7-8-3-2-6-14-16-8/h2-3,6,9H,4-5,7H2,1H3,(H,18,19)(H2,13,15,20)/t9-/m0/s1. The van der Waals surface area contributed by atoms with Crippen LogP contribution in [0.5, 0.6) is 0 Å². The molecule has 0 aliphatic rings. The number of ether oxygens (including phenoxy) is 1. The third-order valence-corrected chi connectivity index (χ3v) is 2.53. The van der Waals surface area contributed by atoms with Crippen molar-refractivity contribution in [1.82, 2.24) is 20.8 Å². The van der Waals surface area contributed by atoms with E-state index >= 15 is 0 Å². The average Bonchev–Trinajstić information content (AvgIpc) is 2.49. The number of aromatic nitrogens is 2. The summed E-state index contributed by atoms with van der Waals surface area (Å²) in [6, 6.07) is 1.49. The van der Waals surface area contributed by atoms with E-state index in [0.29, 0.717) is 5.69 Å². The number of rotatable bonds is 7. The van der Waals surface area contributed by atoms with E-state index in [1.54, 1.807) is 12.1 Å². The Morgan fingerprint density at radius 3 is 2.76 bits per heavy atom. The second-order valence-corrected chi connectivity index (χ2v) is 4.05. The van der Waals surface area contributed by atoms with Gasteiger partial charge in [-0.05, 0) is 18.6 Å². The van der Waals surface area contributed by atoms with Gasteiger partial charge in [0.1, 0.15) is 6.04 Å². The van der Waals surface area contributed by atoms with Gasteiger partial charge in [-0.1, -0.05) is 0 Å². The fraction of sp³-hybridized carbons (Fsp3) is 0.417. The molecule has 1 heterocycles. The smallest absolute Gasteiger partial charge is 0.326 e. The van der Waals surface area contributed by atoms with Crippen LogP contribution >= 0.6 is 0 Å². The lowest BCUT2D eigenvalue weighted by Crippen LogP contribution is -2.46. The number of amides is 2. The summed E-state index contributed by atoms with van der Waals surface area (Å²) in [6.45, 7) is 0.114. The van der Waals surface area contributed by atoms with Crippen molar-refractivity contribution in [2.45, 2.75) is 25.4 Å². The van der Waals surface area contributed by atoms with Crippen LogP contribution in [0.3, 0.4) is 0 Å². The van der Waals surface area contributed by atoms with Crippen molar-refractivity contribution < 1.29 is 24.2 Å². The Balaban J connectivity index is 2.41. The molecule has 0 bridgehead atoms. The van der Waals surface area contributed by atoms with Gasteiger partial charge in [0, 0.05) is 12.6 Å². The quantitative estimate of drug-likeness (QED) is 0.588. The highest BCUT2D eigenvalue weighted by atomic mass is 16.5. The lowest BCUT2D eigenvalue weighted by molar-refractivity contribution is -0.142. The molecule has 0 aliphatic heterocycles. The van der Waals surface area contributed by atoms with E-state index < -0.39 is 24.0 Å². The van der Waals surface area contributed by atoms with Crippen LogP contribution in [0.15, 0.2) is 18.3 Å². The van der Waals surface area contributed by atoms with E-state index in [1.807, 2.05) is 0 Å². The first-order valence-electron chi connectivity index (χ1n) is 6.13. The fourth-order valence-corrected chi connectivity index (χ4v) is 1.43. The number of carboxylic acid groups (broad SMARTS) is 1. The monoisotopic (exact) mass is 296 g/mol. The number of aliphatic carboxylic acids is 1. The van der Waals surface area contributed by atoms with Gasteiger partial charge in [0.25, 0.3) is 0 Å². The Morgan fingerprint density at radius 1 is 1.43 bits per heavy atom. The number of esters is 1. The molecule has 9 nitrogen and oxygen atoms in total. The normalized spacial score (nSPS) is 11.3. The predicted octanol–water partition coefficient (Wildman–Crippen LogP) is -0.318. The summed E-state index contributed by atoms with van der Waals surface area (Å²) in [7, 11) is 1.21. The van der Waals surface area contributed by atoms with Crippen molar-refractivity contribution in [1.29, 1.82) is 0 Å². The Bertz CT molecular complexity index is 494. The molecule has 0 saturated heterocycles. The van der Waals surface area contributed by atoms with Crippen molar-refractivity contribution in [3.8, 4) is 0 Å². The Hall–Kier alpha value is -2.71.